The average Bonchev–Trinajstić information content (AvgIpc) is 3.63. The molecule has 1 fully saturated rings. The van der Waals surface area contributed by atoms with Crippen LogP contribution >= 0.6 is 0 Å². The van der Waals surface area contributed by atoms with E-state index in [2.05, 4.69) is 10.3 Å². The largest absolute Gasteiger partial charge is 0.488 e. The minimum atomic E-state index is -0.676. The number of halogens is 1. The molecule has 0 spiro atoms. The molecule has 1 aromatic heterocycles. The highest BCUT2D eigenvalue weighted by atomic mass is 19.1. The van der Waals surface area contributed by atoms with Crippen molar-refractivity contribution < 1.29 is 23.5 Å². The van der Waals surface area contributed by atoms with Crippen molar-refractivity contribution in [1.29, 1.82) is 0 Å². The summed E-state index contributed by atoms with van der Waals surface area (Å²) in [6, 6.07) is 18.5. The SMILES string of the molecule is CC1(C(=O)Nc2ccc(Oc3ccnc4cc(OCc5ccccc5)c(C(N)=O)cc34)c(F)c2)CC1. The number of nitrogens with two attached hydrogens (primary N) is 1. The number of carbonyl (C=O) groups excluding carboxylic acids is 2. The Bertz CT molecular complexity index is 1470. The Kier molecular flexibility index (Phi) is 6.01. The Balaban J connectivity index is 1.41. The molecule has 4 aromatic rings. The predicted octanol–water partition coefficient (Wildman–Crippen LogP) is 5.58. The number of anilines is 1. The second-order valence-corrected chi connectivity index (χ2v) is 9.08. The molecule has 5 rings (SSSR count). The standard InChI is InChI=1S/C28H24FN3O4/c1-28(10-11-28)27(34)32-18-7-8-24(21(29)13-18)36-23-9-12-31-22-15-25(20(26(30)33)14-19(22)23)35-16-17-5-3-2-4-6-17/h2-9,12-15H,10-11,16H2,1H3,(H2,30,33)(H,32,34). The Morgan fingerprint density at radius 3 is 2.50 bits per heavy atom. The van der Waals surface area contributed by atoms with Gasteiger partial charge in [-0.2, -0.15) is 0 Å². The first-order chi connectivity index (χ1) is 17.3. The lowest BCUT2D eigenvalue weighted by Crippen LogP contribution is -2.21. The van der Waals surface area contributed by atoms with Crippen LogP contribution in [0.15, 0.2) is 72.9 Å². The van der Waals surface area contributed by atoms with Gasteiger partial charge in [-0.25, -0.2) is 4.39 Å². The number of primary amides is 1. The summed E-state index contributed by atoms with van der Waals surface area (Å²) in [6.45, 7) is 2.12. The number of ether oxygens (including phenoxy) is 2. The van der Waals surface area contributed by atoms with Crippen LogP contribution in [0.3, 0.4) is 0 Å². The van der Waals surface area contributed by atoms with Gasteiger partial charge in [-0.15, -0.1) is 0 Å². The summed E-state index contributed by atoms with van der Waals surface area (Å²) in [6.07, 6.45) is 3.17. The summed E-state index contributed by atoms with van der Waals surface area (Å²) in [4.78, 5) is 28.8. The molecular weight excluding hydrogens is 461 g/mol. The number of fused-ring (bicyclic) bond motifs is 1. The van der Waals surface area contributed by atoms with Gasteiger partial charge in [0.25, 0.3) is 5.91 Å². The van der Waals surface area contributed by atoms with Gasteiger partial charge in [0, 0.05) is 34.8 Å². The number of aromatic nitrogens is 1. The van der Waals surface area contributed by atoms with Crippen LogP contribution in [0.4, 0.5) is 10.1 Å². The number of pyridine rings is 1. The molecule has 0 radical (unpaired) electrons. The van der Waals surface area contributed by atoms with Gasteiger partial charge >= 0.3 is 0 Å². The van der Waals surface area contributed by atoms with E-state index in [0.717, 1.165) is 18.4 Å². The normalized spacial score (nSPS) is 13.7. The van der Waals surface area contributed by atoms with Crippen molar-refractivity contribution in [3.05, 3.63) is 89.9 Å². The third-order valence-electron chi connectivity index (χ3n) is 6.26. The first-order valence-electron chi connectivity index (χ1n) is 11.5. The molecule has 8 heteroatoms. The topological polar surface area (TPSA) is 104 Å². The zero-order valence-electron chi connectivity index (χ0n) is 19.6. The summed E-state index contributed by atoms with van der Waals surface area (Å²) in [5.41, 5.74) is 7.18. The molecule has 0 aliphatic heterocycles. The fourth-order valence-electron chi connectivity index (χ4n) is 3.76. The van der Waals surface area contributed by atoms with E-state index in [0.29, 0.717) is 28.1 Å². The Morgan fingerprint density at radius 1 is 1.03 bits per heavy atom. The molecule has 0 bridgehead atoms. The number of rotatable bonds is 8. The van der Waals surface area contributed by atoms with Crippen LogP contribution in [0, 0.1) is 11.2 Å². The molecule has 1 aliphatic carbocycles. The second kappa shape index (κ2) is 9.30. The van der Waals surface area contributed by atoms with Crippen LogP contribution in [0.1, 0.15) is 35.7 Å². The van der Waals surface area contributed by atoms with Crippen molar-refractivity contribution >= 4 is 28.4 Å². The van der Waals surface area contributed by atoms with Gasteiger partial charge in [0.05, 0.1) is 11.1 Å². The highest BCUT2D eigenvalue weighted by molar-refractivity contribution is 6.01. The molecule has 1 saturated carbocycles. The predicted molar refractivity (Wildman–Crippen MR) is 133 cm³/mol. The van der Waals surface area contributed by atoms with E-state index in [-0.39, 0.29) is 29.2 Å². The monoisotopic (exact) mass is 485 g/mol. The highest BCUT2D eigenvalue weighted by Crippen LogP contribution is 2.46. The van der Waals surface area contributed by atoms with Crippen molar-refractivity contribution in [3.8, 4) is 17.2 Å². The molecule has 7 nitrogen and oxygen atoms in total. The summed E-state index contributed by atoms with van der Waals surface area (Å²) in [5.74, 6) is -0.900. The summed E-state index contributed by atoms with van der Waals surface area (Å²) in [7, 11) is 0. The van der Waals surface area contributed by atoms with E-state index in [9.17, 15) is 14.0 Å². The molecule has 0 atom stereocenters. The van der Waals surface area contributed by atoms with Gasteiger partial charge < -0.3 is 20.5 Å². The summed E-state index contributed by atoms with van der Waals surface area (Å²) in [5, 5.41) is 3.22. The molecule has 1 aliphatic rings. The Labute approximate surface area is 207 Å². The van der Waals surface area contributed by atoms with Crippen LogP contribution in [-0.4, -0.2) is 16.8 Å². The van der Waals surface area contributed by atoms with Crippen LogP contribution in [0.5, 0.6) is 17.2 Å². The van der Waals surface area contributed by atoms with E-state index in [4.69, 9.17) is 15.2 Å². The molecule has 1 heterocycles. The third-order valence-corrected chi connectivity index (χ3v) is 6.26. The lowest BCUT2D eigenvalue weighted by molar-refractivity contribution is -0.120. The summed E-state index contributed by atoms with van der Waals surface area (Å²) >= 11 is 0. The third kappa shape index (κ3) is 4.84. The quantitative estimate of drug-likeness (QED) is 0.339. The van der Waals surface area contributed by atoms with E-state index in [1.54, 1.807) is 18.2 Å². The lowest BCUT2D eigenvalue weighted by Gasteiger charge is -2.14. The maximum atomic E-state index is 14.8. The Hall–Kier alpha value is -4.46. The fourth-order valence-corrected chi connectivity index (χ4v) is 3.76. The van der Waals surface area contributed by atoms with Crippen molar-refractivity contribution in [1.82, 2.24) is 4.98 Å². The first kappa shape index (κ1) is 23.3. The fraction of sp³-hybridized carbons (Fsp3) is 0.179. The number of carbonyl (C=O) groups is 2. The molecule has 2 amide bonds. The van der Waals surface area contributed by atoms with E-state index in [1.807, 2.05) is 37.3 Å². The molecule has 3 N–H and O–H groups in total. The smallest absolute Gasteiger partial charge is 0.252 e. The Morgan fingerprint density at radius 2 is 1.81 bits per heavy atom. The van der Waals surface area contributed by atoms with Gasteiger partial charge in [0.15, 0.2) is 11.6 Å². The number of nitrogens with zero attached hydrogens (tertiary/aromatic N) is 1. The number of benzene rings is 3. The van der Waals surface area contributed by atoms with Gasteiger partial charge in [-0.05, 0) is 42.7 Å². The molecular formula is C28H24FN3O4. The zero-order valence-corrected chi connectivity index (χ0v) is 19.6. The van der Waals surface area contributed by atoms with E-state index in [1.165, 1.54) is 24.4 Å². The molecule has 0 saturated heterocycles. The minimum Gasteiger partial charge on any atom is -0.488 e. The maximum absolute atomic E-state index is 14.8. The number of hydrogen-bond acceptors (Lipinski definition) is 5. The van der Waals surface area contributed by atoms with Crippen LogP contribution in [0.25, 0.3) is 10.9 Å². The van der Waals surface area contributed by atoms with Crippen LogP contribution in [-0.2, 0) is 11.4 Å². The molecule has 3 aromatic carbocycles. The van der Waals surface area contributed by atoms with Gasteiger partial charge in [0.2, 0.25) is 5.91 Å². The number of nitrogens with one attached hydrogen (secondary N) is 1. The maximum Gasteiger partial charge on any atom is 0.252 e. The van der Waals surface area contributed by atoms with Gasteiger partial charge in [-0.1, -0.05) is 37.3 Å². The van der Waals surface area contributed by atoms with E-state index < -0.39 is 11.7 Å². The zero-order chi connectivity index (χ0) is 25.3. The molecule has 182 valence electrons. The second-order valence-electron chi connectivity index (χ2n) is 9.08. The van der Waals surface area contributed by atoms with Crippen LogP contribution < -0.4 is 20.5 Å². The van der Waals surface area contributed by atoms with Crippen LogP contribution in [0.2, 0.25) is 0 Å². The summed E-state index contributed by atoms with van der Waals surface area (Å²) < 4.78 is 26.6. The van der Waals surface area contributed by atoms with Crippen molar-refractivity contribution in [2.24, 2.45) is 11.1 Å². The minimum absolute atomic E-state index is 0.0387. The van der Waals surface area contributed by atoms with Crippen molar-refractivity contribution in [2.75, 3.05) is 5.32 Å². The highest BCUT2D eigenvalue weighted by Gasteiger charge is 2.44. The average molecular weight is 486 g/mol. The first-order valence-corrected chi connectivity index (χ1v) is 11.5. The number of amides is 2. The van der Waals surface area contributed by atoms with Crippen molar-refractivity contribution in [2.45, 2.75) is 26.4 Å². The van der Waals surface area contributed by atoms with Gasteiger partial charge in [0.1, 0.15) is 18.1 Å². The number of hydrogen-bond donors (Lipinski definition) is 2. The lowest BCUT2D eigenvalue weighted by atomic mass is 10.1. The van der Waals surface area contributed by atoms with Crippen molar-refractivity contribution in [3.63, 3.8) is 0 Å². The van der Waals surface area contributed by atoms with Gasteiger partial charge in [-0.3, -0.25) is 14.6 Å². The van der Waals surface area contributed by atoms with E-state index >= 15 is 0 Å². The molecule has 36 heavy (non-hydrogen) atoms. The molecule has 0 unspecified atom stereocenters.